The highest BCUT2D eigenvalue weighted by atomic mass is 16.5. The Morgan fingerprint density at radius 1 is 0.680 bits per heavy atom. The van der Waals surface area contributed by atoms with Gasteiger partial charge >= 0.3 is 0 Å². The van der Waals surface area contributed by atoms with E-state index in [1.54, 1.807) is 14.2 Å². The molecule has 0 spiro atoms. The SMILES string of the molecule is COc1cc(CCCCc2ccc(CC(C)(C)C)cc2)cc(OC)c1. The third kappa shape index (κ3) is 6.81. The van der Waals surface area contributed by atoms with Crippen molar-refractivity contribution in [2.24, 2.45) is 5.41 Å². The van der Waals surface area contributed by atoms with Crippen LogP contribution in [0.25, 0.3) is 0 Å². The molecule has 2 nitrogen and oxygen atoms in total. The maximum Gasteiger partial charge on any atom is 0.122 e. The molecule has 2 aromatic carbocycles. The van der Waals surface area contributed by atoms with Gasteiger partial charge in [-0.05, 0) is 66.3 Å². The minimum Gasteiger partial charge on any atom is -0.497 e. The fraction of sp³-hybridized carbons (Fsp3) is 0.478. The average molecular weight is 341 g/mol. The van der Waals surface area contributed by atoms with Crippen molar-refractivity contribution < 1.29 is 9.47 Å². The summed E-state index contributed by atoms with van der Waals surface area (Å²) >= 11 is 0. The Kier molecular flexibility index (Phi) is 6.92. The molecule has 0 aliphatic heterocycles. The smallest absolute Gasteiger partial charge is 0.122 e. The lowest BCUT2D eigenvalue weighted by Crippen LogP contribution is -2.08. The van der Waals surface area contributed by atoms with E-state index in [9.17, 15) is 0 Å². The Morgan fingerprint density at radius 3 is 1.64 bits per heavy atom. The average Bonchev–Trinajstić information content (AvgIpc) is 2.58. The molecule has 0 N–H and O–H groups in total. The van der Waals surface area contributed by atoms with E-state index in [1.807, 2.05) is 6.07 Å². The van der Waals surface area contributed by atoms with E-state index >= 15 is 0 Å². The van der Waals surface area contributed by atoms with Gasteiger partial charge in [-0.15, -0.1) is 0 Å². The van der Waals surface area contributed by atoms with Crippen molar-refractivity contribution in [3.63, 3.8) is 0 Å². The first-order valence-corrected chi connectivity index (χ1v) is 9.19. The van der Waals surface area contributed by atoms with Gasteiger partial charge in [0.15, 0.2) is 0 Å². The zero-order valence-corrected chi connectivity index (χ0v) is 16.4. The van der Waals surface area contributed by atoms with Crippen LogP contribution < -0.4 is 9.47 Å². The summed E-state index contributed by atoms with van der Waals surface area (Å²) in [5, 5.41) is 0. The van der Waals surface area contributed by atoms with Crippen LogP contribution >= 0.6 is 0 Å². The summed E-state index contributed by atoms with van der Waals surface area (Å²) in [6.07, 6.45) is 5.68. The van der Waals surface area contributed by atoms with Crippen LogP contribution in [-0.4, -0.2) is 14.2 Å². The fourth-order valence-electron chi connectivity index (χ4n) is 3.11. The van der Waals surface area contributed by atoms with Crippen molar-refractivity contribution in [2.45, 2.75) is 52.9 Å². The highest BCUT2D eigenvalue weighted by Crippen LogP contribution is 2.24. The van der Waals surface area contributed by atoms with E-state index in [0.717, 1.165) is 30.8 Å². The van der Waals surface area contributed by atoms with Crippen molar-refractivity contribution >= 4 is 0 Å². The quantitative estimate of drug-likeness (QED) is 0.561. The molecule has 0 amide bonds. The molecule has 136 valence electrons. The lowest BCUT2D eigenvalue weighted by atomic mass is 9.88. The monoisotopic (exact) mass is 340 g/mol. The molecule has 2 heteroatoms. The van der Waals surface area contributed by atoms with Crippen molar-refractivity contribution in [1.82, 2.24) is 0 Å². The molecule has 2 rings (SSSR count). The fourth-order valence-corrected chi connectivity index (χ4v) is 3.11. The van der Waals surface area contributed by atoms with E-state index in [2.05, 4.69) is 57.2 Å². The maximum atomic E-state index is 5.34. The second kappa shape index (κ2) is 8.94. The van der Waals surface area contributed by atoms with Gasteiger partial charge in [-0.25, -0.2) is 0 Å². The Hall–Kier alpha value is -1.96. The van der Waals surface area contributed by atoms with Gasteiger partial charge in [0.05, 0.1) is 14.2 Å². The number of aryl methyl sites for hydroxylation is 2. The van der Waals surface area contributed by atoms with Crippen LogP contribution in [0.1, 0.15) is 50.3 Å². The molecule has 0 radical (unpaired) electrons. The second-order valence-corrected chi connectivity index (χ2v) is 7.98. The summed E-state index contributed by atoms with van der Waals surface area (Å²) in [5.41, 5.74) is 4.48. The van der Waals surface area contributed by atoms with Gasteiger partial charge in [0.2, 0.25) is 0 Å². The number of hydrogen-bond acceptors (Lipinski definition) is 2. The normalized spacial score (nSPS) is 11.4. The third-order valence-electron chi connectivity index (χ3n) is 4.35. The molecule has 25 heavy (non-hydrogen) atoms. The summed E-state index contributed by atoms with van der Waals surface area (Å²) in [6, 6.07) is 15.3. The van der Waals surface area contributed by atoms with Crippen LogP contribution in [0.15, 0.2) is 42.5 Å². The number of hydrogen-bond donors (Lipinski definition) is 0. The highest BCUT2D eigenvalue weighted by Gasteiger charge is 2.10. The molecule has 0 saturated carbocycles. The minimum absolute atomic E-state index is 0.347. The third-order valence-corrected chi connectivity index (χ3v) is 4.35. The first-order valence-electron chi connectivity index (χ1n) is 9.19. The van der Waals surface area contributed by atoms with Crippen LogP contribution in [-0.2, 0) is 19.3 Å². The number of unbranched alkanes of at least 4 members (excludes halogenated alkanes) is 1. The van der Waals surface area contributed by atoms with Gasteiger partial charge in [0.25, 0.3) is 0 Å². The number of ether oxygens (including phenoxy) is 2. The van der Waals surface area contributed by atoms with Gasteiger partial charge in [-0.1, -0.05) is 45.0 Å². The molecular formula is C23H32O2. The lowest BCUT2D eigenvalue weighted by molar-refractivity contribution is 0.393. The zero-order valence-electron chi connectivity index (χ0n) is 16.4. The molecule has 0 atom stereocenters. The first kappa shape index (κ1) is 19.4. The predicted octanol–water partition coefficient (Wildman–Crippen LogP) is 5.86. The van der Waals surface area contributed by atoms with E-state index in [-0.39, 0.29) is 0 Å². The molecule has 0 aliphatic carbocycles. The summed E-state index contributed by atoms with van der Waals surface area (Å²) < 4.78 is 10.7. The summed E-state index contributed by atoms with van der Waals surface area (Å²) in [5.74, 6) is 1.73. The second-order valence-electron chi connectivity index (χ2n) is 7.98. The van der Waals surface area contributed by atoms with Crippen molar-refractivity contribution in [1.29, 1.82) is 0 Å². The Morgan fingerprint density at radius 2 is 1.16 bits per heavy atom. The van der Waals surface area contributed by atoms with E-state index in [4.69, 9.17) is 9.47 Å². The Balaban J connectivity index is 1.81. The topological polar surface area (TPSA) is 18.5 Å². The molecular weight excluding hydrogens is 308 g/mol. The van der Waals surface area contributed by atoms with Gasteiger partial charge in [-0.3, -0.25) is 0 Å². The van der Waals surface area contributed by atoms with Crippen molar-refractivity contribution in [3.05, 3.63) is 59.2 Å². The molecule has 0 bridgehead atoms. The van der Waals surface area contributed by atoms with Crippen LogP contribution in [0, 0.1) is 5.41 Å². The summed E-state index contributed by atoms with van der Waals surface area (Å²) in [6.45, 7) is 6.86. The molecule has 0 saturated heterocycles. The van der Waals surface area contributed by atoms with E-state index in [1.165, 1.54) is 29.5 Å². The zero-order chi connectivity index (χ0) is 18.3. The van der Waals surface area contributed by atoms with Crippen molar-refractivity contribution in [2.75, 3.05) is 14.2 Å². The largest absolute Gasteiger partial charge is 0.497 e. The predicted molar refractivity (Wildman–Crippen MR) is 106 cm³/mol. The summed E-state index contributed by atoms with van der Waals surface area (Å²) in [7, 11) is 3.39. The van der Waals surface area contributed by atoms with Crippen LogP contribution in [0.3, 0.4) is 0 Å². The maximum absolute atomic E-state index is 5.34. The van der Waals surface area contributed by atoms with Crippen LogP contribution in [0.4, 0.5) is 0 Å². The van der Waals surface area contributed by atoms with Crippen LogP contribution in [0.2, 0.25) is 0 Å². The van der Waals surface area contributed by atoms with Gasteiger partial charge in [0, 0.05) is 6.07 Å². The molecule has 0 fully saturated rings. The highest BCUT2D eigenvalue weighted by molar-refractivity contribution is 5.38. The van der Waals surface area contributed by atoms with Gasteiger partial charge in [-0.2, -0.15) is 0 Å². The molecule has 0 aliphatic rings. The number of benzene rings is 2. The van der Waals surface area contributed by atoms with E-state index in [0.29, 0.717) is 5.41 Å². The first-order chi connectivity index (χ1) is 11.9. The van der Waals surface area contributed by atoms with E-state index < -0.39 is 0 Å². The summed E-state index contributed by atoms with van der Waals surface area (Å²) in [4.78, 5) is 0. The molecule has 0 aromatic heterocycles. The van der Waals surface area contributed by atoms with Crippen molar-refractivity contribution in [3.8, 4) is 11.5 Å². The molecule has 0 unspecified atom stereocenters. The van der Waals surface area contributed by atoms with Crippen LogP contribution in [0.5, 0.6) is 11.5 Å². The Labute approximate surface area is 153 Å². The van der Waals surface area contributed by atoms with Gasteiger partial charge in [0.1, 0.15) is 11.5 Å². The molecule has 0 heterocycles. The molecule has 2 aromatic rings. The Bertz CT molecular complexity index is 629. The van der Waals surface area contributed by atoms with Gasteiger partial charge < -0.3 is 9.47 Å². The minimum atomic E-state index is 0.347. The standard InChI is InChI=1S/C23H32O2/c1-23(2,3)17-19-12-10-18(11-13-19)8-6-7-9-20-14-21(24-4)16-22(15-20)25-5/h10-16H,6-9,17H2,1-5H3. The number of methoxy groups -OCH3 is 2. The number of rotatable bonds is 8. The lowest BCUT2D eigenvalue weighted by Gasteiger charge is -2.18.